The maximum Gasteiger partial charge on any atom is 0.348 e. The van der Waals surface area contributed by atoms with Gasteiger partial charge in [0.15, 0.2) is 0 Å². The Morgan fingerprint density at radius 1 is 1.00 bits per heavy atom. The summed E-state index contributed by atoms with van der Waals surface area (Å²) < 4.78 is 20.8. The van der Waals surface area contributed by atoms with E-state index in [0.29, 0.717) is 44.5 Å². The van der Waals surface area contributed by atoms with Crippen molar-refractivity contribution >= 4 is 17.3 Å². The third kappa shape index (κ3) is 7.59. The van der Waals surface area contributed by atoms with Crippen LogP contribution >= 0.6 is 11.3 Å². The lowest BCUT2D eigenvalue weighted by Gasteiger charge is -2.06. The van der Waals surface area contributed by atoms with Crippen molar-refractivity contribution in [2.45, 2.75) is 13.8 Å². The zero-order chi connectivity index (χ0) is 14.6. The second-order valence-electron chi connectivity index (χ2n) is 3.97. The molecular weight excluding hydrogens is 280 g/mol. The van der Waals surface area contributed by atoms with Crippen LogP contribution in [0, 0.1) is 6.92 Å². The Morgan fingerprint density at radius 3 is 2.15 bits per heavy atom. The van der Waals surface area contributed by atoms with Crippen molar-refractivity contribution < 1.29 is 23.7 Å². The quantitative estimate of drug-likeness (QED) is 0.464. The van der Waals surface area contributed by atoms with E-state index < -0.39 is 0 Å². The topological polar surface area (TPSA) is 54.0 Å². The Balaban J connectivity index is 1.91. The van der Waals surface area contributed by atoms with Gasteiger partial charge in [0.2, 0.25) is 0 Å². The Labute approximate surface area is 123 Å². The Hall–Kier alpha value is -0.950. The van der Waals surface area contributed by atoms with Gasteiger partial charge < -0.3 is 18.9 Å². The normalized spacial score (nSPS) is 10.7. The molecule has 20 heavy (non-hydrogen) atoms. The molecule has 0 aliphatic heterocycles. The van der Waals surface area contributed by atoms with Gasteiger partial charge in [-0.15, -0.1) is 11.3 Å². The molecule has 0 fully saturated rings. The lowest BCUT2D eigenvalue weighted by Crippen LogP contribution is -2.13. The Kier molecular flexibility index (Phi) is 9.23. The van der Waals surface area contributed by atoms with E-state index in [0.717, 1.165) is 4.88 Å². The molecule has 1 rings (SSSR count). The number of hydrogen-bond acceptors (Lipinski definition) is 6. The summed E-state index contributed by atoms with van der Waals surface area (Å²) in [6.07, 6.45) is 0. The van der Waals surface area contributed by atoms with Crippen molar-refractivity contribution in [2.75, 3.05) is 46.2 Å². The molecule has 0 bridgehead atoms. The van der Waals surface area contributed by atoms with E-state index in [2.05, 4.69) is 0 Å². The Morgan fingerprint density at radius 2 is 1.60 bits per heavy atom. The van der Waals surface area contributed by atoms with Crippen LogP contribution < -0.4 is 0 Å². The number of carbonyl (C=O) groups excluding carboxylic acids is 1. The minimum Gasteiger partial charge on any atom is -0.459 e. The van der Waals surface area contributed by atoms with Gasteiger partial charge >= 0.3 is 5.97 Å². The number of rotatable bonds is 11. The van der Waals surface area contributed by atoms with Crippen molar-refractivity contribution in [2.24, 2.45) is 0 Å². The van der Waals surface area contributed by atoms with E-state index >= 15 is 0 Å². The van der Waals surface area contributed by atoms with Crippen LogP contribution in [-0.2, 0) is 18.9 Å². The molecule has 0 aromatic carbocycles. The summed E-state index contributed by atoms with van der Waals surface area (Å²) in [6, 6.07) is 3.67. The molecule has 0 aliphatic rings. The lowest BCUT2D eigenvalue weighted by atomic mass is 10.4. The second-order valence-corrected chi connectivity index (χ2v) is 5.26. The van der Waals surface area contributed by atoms with Gasteiger partial charge in [0.25, 0.3) is 0 Å². The molecule has 0 spiro atoms. The SMILES string of the molecule is CCOCCOCCOCCOC(=O)c1ccc(C)s1. The molecule has 0 saturated heterocycles. The monoisotopic (exact) mass is 302 g/mol. The van der Waals surface area contributed by atoms with E-state index in [1.54, 1.807) is 6.07 Å². The van der Waals surface area contributed by atoms with Crippen LogP contribution in [0.15, 0.2) is 12.1 Å². The first-order chi connectivity index (χ1) is 9.74. The van der Waals surface area contributed by atoms with Crippen LogP contribution in [0.5, 0.6) is 0 Å². The Bertz CT molecular complexity index is 377. The fourth-order valence-electron chi connectivity index (χ4n) is 1.39. The predicted molar refractivity (Wildman–Crippen MR) is 77.5 cm³/mol. The summed E-state index contributed by atoms with van der Waals surface area (Å²) in [7, 11) is 0. The highest BCUT2D eigenvalue weighted by molar-refractivity contribution is 7.13. The summed E-state index contributed by atoms with van der Waals surface area (Å²) in [6.45, 7) is 7.43. The number of hydrogen-bond donors (Lipinski definition) is 0. The van der Waals surface area contributed by atoms with Crippen LogP contribution in [0.1, 0.15) is 21.5 Å². The van der Waals surface area contributed by atoms with Crippen LogP contribution in [0.4, 0.5) is 0 Å². The molecule has 1 aromatic rings. The summed E-state index contributed by atoms with van der Waals surface area (Å²) in [5, 5.41) is 0. The summed E-state index contributed by atoms with van der Waals surface area (Å²) in [5.41, 5.74) is 0. The van der Waals surface area contributed by atoms with E-state index in [4.69, 9.17) is 18.9 Å². The van der Waals surface area contributed by atoms with Gasteiger partial charge in [0.1, 0.15) is 11.5 Å². The maximum atomic E-state index is 11.6. The zero-order valence-corrected chi connectivity index (χ0v) is 12.9. The van der Waals surface area contributed by atoms with E-state index in [1.165, 1.54) is 11.3 Å². The van der Waals surface area contributed by atoms with Gasteiger partial charge in [0, 0.05) is 11.5 Å². The summed E-state index contributed by atoms with van der Waals surface area (Å²) >= 11 is 1.43. The van der Waals surface area contributed by atoms with Gasteiger partial charge in [-0.05, 0) is 26.0 Å². The number of ether oxygens (including phenoxy) is 4. The molecule has 114 valence electrons. The predicted octanol–water partition coefficient (Wildman–Crippen LogP) is 2.28. The molecule has 1 heterocycles. The van der Waals surface area contributed by atoms with Gasteiger partial charge in [-0.2, -0.15) is 0 Å². The molecular formula is C14H22O5S. The van der Waals surface area contributed by atoms with Crippen LogP contribution in [0.2, 0.25) is 0 Å². The number of carbonyl (C=O) groups is 1. The largest absolute Gasteiger partial charge is 0.459 e. The first-order valence-electron chi connectivity index (χ1n) is 6.71. The minimum absolute atomic E-state index is 0.259. The average Bonchev–Trinajstić information content (AvgIpc) is 2.87. The van der Waals surface area contributed by atoms with Crippen LogP contribution in [0.25, 0.3) is 0 Å². The summed E-state index contributed by atoms with van der Waals surface area (Å²) in [5.74, 6) is -0.292. The highest BCUT2D eigenvalue weighted by Crippen LogP contribution is 2.15. The standard InChI is InChI=1S/C14H22O5S/c1-3-16-6-7-17-8-9-18-10-11-19-14(15)13-5-4-12(2)20-13/h4-5H,3,6-11H2,1-2H3. The molecule has 1 aromatic heterocycles. The van der Waals surface area contributed by atoms with Crippen LogP contribution in [-0.4, -0.2) is 52.2 Å². The van der Waals surface area contributed by atoms with E-state index in [9.17, 15) is 4.79 Å². The average molecular weight is 302 g/mol. The molecule has 0 N–H and O–H groups in total. The molecule has 6 heteroatoms. The van der Waals surface area contributed by atoms with E-state index in [-0.39, 0.29) is 12.6 Å². The first kappa shape index (κ1) is 17.1. The van der Waals surface area contributed by atoms with Gasteiger partial charge in [-0.3, -0.25) is 0 Å². The molecule has 0 atom stereocenters. The molecule has 0 unspecified atom stereocenters. The summed E-state index contributed by atoms with van der Waals surface area (Å²) in [4.78, 5) is 13.3. The van der Waals surface area contributed by atoms with Crippen molar-refractivity contribution in [1.82, 2.24) is 0 Å². The first-order valence-corrected chi connectivity index (χ1v) is 7.52. The van der Waals surface area contributed by atoms with Crippen molar-refractivity contribution in [3.8, 4) is 0 Å². The second kappa shape index (κ2) is 10.8. The minimum atomic E-state index is -0.292. The molecule has 0 aliphatic carbocycles. The number of aryl methyl sites for hydroxylation is 1. The van der Waals surface area contributed by atoms with Gasteiger partial charge in [-0.25, -0.2) is 4.79 Å². The highest BCUT2D eigenvalue weighted by atomic mass is 32.1. The van der Waals surface area contributed by atoms with Crippen molar-refractivity contribution in [3.63, 3.8) is 0 Å². The number of esters is 1. The van der Waals surface area contributed by atoms with E-state index in [1.807, 2.05) is 19.9 Å². The molecule has 0 amide bonds. The molecule has 0 radical (unpaired) electrons. The third-order valence-electron chi connectivity index (χ3n) is 2.35. The maximum absolute atomic E-state index is 11.6. The zero-order valence-electron chi connectivity index (χ0n) is 12.1. The van der Waals surface area contributed by atoms with Crippen LogP contribution in [0.3, 0.4) is 0 Å². The lowest BCUT2D eigenvalue weighted by molar-refractivity contribution is 0.00195. The highest BCUT2D eigenvalue weighted by Gasteiger charge is 2.08. The third-order valence-corrected chi connectivity index (χ3v) is 3.33. The van der Waals surface area contributed by atoms with Crippen molar-refractivity contribution in [3.05, 3.63) is 21.9 Å². The smallest absolute Gasteiger partial charge is 0.348 e. The van der Waals surface area contributed by atoms with Gasteiger partial charge in [-0.1, -0.05) is 0 Å². The fraction of sp³-hybridized carbons (Fsp3) is 0.643. The fourth-order valence-corrected chi connectivity index (χ4v) is 2.15. The molecule has 0 saturated carbocycles. The van der Waals surface area contributed by atoms with Crippen molar-refractivity contribution in [1.29, 1.82) is 0 Å². The number of thiophene rings is 1. The van der Waals surface area contributed by atoms with Gasteiger partial charge in [0.05, 0.1) is 33.0 Å². The molecule has 5 nitrogen and oxygen atoms in total.